The Kier molecular flexibility index (Phi) is 5.44. The lowest BCUT2D eigenvalue weighted by Crippen LogP contribution is -2.39. The molecule has 1 atom stereocenters. The van der Waals surface area contributed by atoms with Crippen molar-refractivity contribution >= 4 is 5.91 Å². The number of carbonyl (C=O) groups excluding carboxylic acids is 1. The summed E-state index contributed by atoms with van der Waals surface area (Å²) < 4.78 is 15.9. The largest absolute Gasteiger partial charge is 0.504 e. The van der Waals surface area contributed by atoms with Crippen molar-refractivity contribution in [2.45, 2.75) is 25.8 Å². The second-order valence-corrected chi connectivity index (χ2v) is 6.59. The molecular formula is C21H25NO5. The molecule has 1 heterocycles. The Morgan fingerprint density at radius 1 is 1.07 bits per heavy atom. The first-order valence-electron chi connectivity index (χ1n) is 8.86. The summed E-state index contributed by atoms with van der Waals surface area (Å²) >= 11 is 0. The van der Waals surface area contributed by atoms with Gasteiger partial charge in [0.15, 0.2) is 23.0 Å². The Morgan fingerprint density at radius 3 is 2.41 bits per heavy atom. The summed E-state index contributed by atoms with van der Waals surface area (Å²) in [5, 5.41) is 10.3. The van der Waals surface area contributed by atoms with Crippen LogP contribution in [0.1, 0.15) is 29.7 Å². The summed E-state index contributed by atoms with van der Waals surface area (Å²) in [6.45, 7) is 2.21. The third-order valence-corrected chi connectivity index (χ3v) is 5.08. The maximum absolute atomic E-state index is 12.2. The molecule has 2 aromatic rings. The molecule has 0 fully saturated rings. The molecule has 1 N–H and O–H groups in total. The first kappa shape index (κ1) is 18.9. The minimum atomic E-state index is -0.166. The van der Waals surface area contributed by atoms with Gasteiger partial charge in [-0.3, -0.25) is 4.79 Å². The summed E-state index contributed by atoms with van der Waals surface area (Å²) in [6, 6.07) is 9.17. The zero-order chi connectivity index (χ0) is 19.6. The van der Waals surface area contributed by atoms with Gasteiger partial charge in [-0.05, 0) is 53.8 Å². The monoisotopic (exact) mass is 371 g/mol. The van der Waals surface area contributed by atoms with Crippen LogP contribution in [-0.4, -0.2) is 43.8 Å². The van der Waals surface area contributed by atoms with Crippen LogP contribution in [-0.2, 0) is 17.6 Å². The molecule has 3 rings (SSSR count). The summed E-state index contributed by atoms with van der Waals surface area (Å²) in [5.41, 5.74) is 3.06. The summed E-state index contributed by atoms with van der Waals surface area (Å²) in [7, 11) is 4.74. The number of methoxy groups -OCH3 is 3. The van der Waals surface area contributed by atoms with Crippen LogP contribution in [0.2, 0.25) is 0 Å². The summed E-state index contributed by atoms with van der Waals surface area (Å²) in [6.07, 6.45) is 1.34. The quantitative estimate of drug-likeness (QED) is 0.875. The van der Waals surface area contributed by atoms with E-state index in [2.05, 4.69) is 0 Å². The highest BCUT2D eigenvalue weighted by Gasteiger charge is 2.30. The number of carbonyl (C=O) groups is 1. The van der Waals surface area contributed by atoms with E-state index in [1.807, 2.05) is 29.2 Å². The lowest BCUT2D eigenvalue weighted by Gasteiger charge is -2.37. The van der Waals surface area contributed by atoms with Crippen molar-refractivity contribution in [2.24, 2.45) is 0 Å². The number of phenols is 1. The maximum Gasteiger partial charge on any atom is 0.219 e. The molecule has 0 saturated carbocycles. The summed E-state index contributed by atoms with van der Waals surface area (Å²) in [4.78, 5) is 14.1. The minimum absolute atomic E-state index is 0.0152. The number of fused-ring (bicyclic) bond motifs is 1. The SMILES string of the molecule is COc1cc2c(cc1O)C(Cc1ccc(OC)c(OC)c1)N(C(C)=O)CC2. The van der Waals surface area contributed by atoms with Crippen molar-refractivity contribution in [3.05, 3.63) is 47.0 Å². The molecule has 1 amide bonds. The topological polar surface area (TPSA) is 68.2 Å². The van der Waals surface area contributed by atoms with E-state index in [4.69, 9.17) is 14.2 Å². The van der Waals surface area contributed by atoms with Crippen LogP contribution in [0, 0.1) is 0 Å². The van der Waals surface area contributed by atoms with Crippen molar-refractivity contribution in [1.29, 1.82) is 0 Å². The number of amides is 1. The molecule has 0 saturated heterocycles. The number of aromatic hydroxyl groups is 1. The van der Waals surface area contributed by atoms with Gasteiger partial charge in [-0.2, -0.15) is 0 Å². The molecule has 0 aliphatic carbocycles. The number of nitrogens with zero attached hydrogens (tertiary/aromatic N) is 1. The Hall–Kier alpha value is -2.89. The van der Waals surface area contributed by atoms with Gasteiger partial charge in [0.25, 0.3) is 0 Å². The van der Waals surface area contributed by atoms with Crippen LogP contribution < -0.4 is 14.2 Å². The van der Waals surface area contributed by atoms with E-state index < -0.39 is 0 Å². The van der Waals surface area contributed by atoms with Crippen molar-refractivity contribution in [3.8, 4) is 23.0 Å². The van der Waals surface area contributed by atoms with Crippen LogP contribution in [0.25, 0.3) is 0 Å². The normalized spacial score (nSPS) is 15.9. The third-order valence-electron chi connectivity index (χ3n) is 5.08. The number of phenolic OH excluding ortho intramolecular Hbond substituents is 1. The minimum Gasteiger partial charge on any atom is -0.504 e. The first-order valence-corrected chi connectivity index (χ1v) is 8.86. The van der Waals surface area contributed by atoms with Crippen LogP contribution in [0.5, 0.6) is 23.0 Å². The fourth-order valence-corrected chi connectivity index (χ4v) is 3.71. The van der Waals surface area contributed by atoms with E-state index in [1.165, 1.54) is 7.11 Å². The number of ether oxygens (including phenoxy) is 3. The van der Waals surface area contributed by atoms with Crippen molar-refractivity contribution in [3.63, 3.8) is 0 Å². The zero-order valence-corrected chi connectivity index (χ0v) is 16.1. The fourth-order valence-electron chi connectivity index (χ4n) is 3.71. The predicted octanol–water partition coefficient (Wildman–Crippen LogP) is 3.11. The molecule has 1 aliphatic rings. The molecule has 2 aromatic carbocycles. The smallest absolute Gasteiger partial charge is 0.219 e. The van der Waals surface area contributed by atoms with E-state index in [-0.39, 0.29) is 17.7 Å². The van der Waals surface area contributed by atoms with Gasteiger partial charge in [-0.15, -0.1) is 0 Å². The molecule has 0 aromatic heterocycles. The molecule has 6 nitrogen and oxygen atoms in total. The van der Waals surface area contributed by atoms with Gasteiger partial charge in [0.05, 0.1) is 27.4 Å². The number of hydrogen-bond donors (Lipinski definition) is 1. The second-order valence-electron chi connectivity index (χ2n) is 6.59. The molecule has 6 heteroatoms. The van der Waals surface area contributed by atoms with Gasteiger partial charge >= 0.3 is 0 Å². The highest BCUT2D eigenvalue weighted by molar-refractivity contribution is 5.74. The van der Waals surface area contributed by atoms with Crippen LogP contribution in [0.4, 0.5) is 0 Å². The Morgan fingerprint density at radius 2 is 1.78 bits per heavy atom. The first-order chi connectivity index (χ1) is 13.0. The fraction of sp³-hybridized carbons (Fsp3) is 0.381. The molecule has 27 heavy (non-hydrogen) atoms. The highest BCUT2D eigenvalue weighted by Crippen LogP contribution is 2.39. The number of hydrogen-bond acceptors (Lipinski definition) is 5. The van der Waals surface area contributed by atoms with Gasteiger partial charge in [0, 0.05) is 13.5 Å². The van der Waals surface area contributed by atoms with Gasteiger partial charge in [-0.25, -0.2) is 0 Å². The van der Waals surface area contributed by atoms with Crippen molar-refractivity contribution < 1.29 is 24.1 Å². The predicted molar refractivity (Wildman–Crippen MR) is 102 cm³/mol. The Bertz CT molecular complexity index is 849. The molecule has 0 radical (unpaired) electrons. The van der Waals surface area contributed by atoms with E-state index in [1.54, 1.807) is 27.2 Å². The maximum atomic E-state index is 12.2. The van der Waals surface area contributed by atoms with Gasteiger partial charge in [0.1, 0.15) is 0 Å². The lowest BCUT2D eigenvalue weighted by atomic mass is 9.88. The summed E-state index contributed by atoms with van der Waals surface area (Å²) in [5.74, 6) is 1.87. The number of benzene rings is 2. The standard InChI is InChI=1S/C21H25NO5/c1-13(23)22-8-7-15-11-20(26-3)18(24)12-16(15)17(22)9-14-5-6-19(25-2)21(10-14)27-4/h5-6,10-12,17,24H,7-9H2,1-4H3. The Balaban J connectivity index is 2.01. The van der Waals surface area contributed by atoms with E-state index in [0.29, 0.717) is 30.2 Å². The van der Waals surface area contributed by atoms with Gasteiger partial charge in [-0.1, -0.05) is 6.07 Å². The molecule has 0 spiro atoms. The highest BCUT2D eigenvalue weighted by atomic mass is 16.5. The third kappa shape index (κ3) is 3.65. The van der Waals surface area contributed by atoms with Crippen LogP contribution in [0.3, 0.4) is 0 Å². The zero-order valence-electron chi connectivity index (χ0n) is 16.1. The van der Waals surface area contributed by atoms with Crippen LogP contribution >= 0.6 is 0 Å². The van der Waals surface area contributed by atoms with E-state index in [0.717, 1.165) is 23.1 Å². The molecule has 0 bridgehead atoms. The Labute approximate surface area is 159 Å². The molecular weight excluding hydrogens is 346 g/mol. The molecule has 1 unspecified atom stereocenters. The average Bonchev–Trinajstić information content (AvgIpc) is 2.67. The molecule has 144 valence electrons. The molecule has 1 aliphatic heterocycles. The van der Waals surface area contributed by atoms with Crippen LogP contribution in [0.15, 0.2) is 30.3 Å². The van der Waals surface area contributed by atoms with Gasteiger partial charge < -0.3 is 24.2 Å². The number of rotatable bonds is 5. The van der Waals surface area contributed by atoms with E-state index in [9.17, 15) is 9.90 Å². The van der Waals surface area contributed by atoms with Crippen molar-refractivity contribution in [1.82, 2.24) is 4.90 Å². The second kappa shape index (κ2) is 7.78. The van der Waals surface area contributed by atoms with Crippen molar-refractivity contribution in [2.75, 3.05) is 27.9 Å². The van der Waals surface area contributed by atoms with Gasteiger partial charge in [0.2, 0.25) is 5.91 Å². The average molecular weight is 371 g/mol. The van der Waals surface area contributed by atoms with E-state index >= 15 is 0 Å². The lowest BCUT2D eigenvalue weighted by molar-refractivity contribution is -0.131.